The van der Waals surface area contributed by atoms with Crippen molar-refractivity contribution < 1.29 is 0 Å². The molecule has 0 bridgehead atoms. The van der Waals surface area contributed by atoms with Crippen molar-refractivity contribution in [2.75, 3.05) is 4.90 Å². The lowest BCUT2D eigenvalue weighted by molar-refractivity contribution is 0.627. The van der Waals surface area contributed by atoms with Gasteiger partial charge in [-0.05, 0) is 82.1 Å². The Morgan fingerprint density at radius 3 is 1.95 bits per heavy atom. The molecule has 0 fully saturated rings. The second-order valence-electron chi connectivity index (χ2n) is 15.7. The van der Waals surface area contributed by atoms with Crippen molar-refractivity contribution >= 4 is 55.6 Å². The number of fused-ring (bicyclic) bond motifs is 5. The molecule has 12 rings (SSSR count). The van der Waals surface area contributed by atoms with Gasteiger partial charge in [-0.3, -0.25) is 0 Å². The SMILES string of the molecule is C1=CCC(C2=NC(N3c4cc5c(cc4-c4ccc(-c6ccccc6)c6cccc3c46)c3cc(-c4ccccc4)ccc3n5-c3ccccc3)NC(c3ccccc3)=N2)C=C1. The van der Waals surface area contributed by atoms with Gasteiger partial charge in [0.15, 0.2) is 0 Å². The highest BCUT2D eigenvalue weighted by molar-refractivity contribution is 6.20. The maximum atomic E-state index is 5.54. The molecule has 0 saturated carbocycles. The minimum absolute atomic E-state index is 0.0669. The summed E-state index contributed by atoms with van der Waals surface area (Å²) in [5.74, 6) is 1.71. The van der Waals surface area contributed by atoms with E-state index in [1.807, 2.05) is 0 Å². The summed E-state index contributed by atoms with van der Waals surface area (Å²) in [4.78, 5) is 13.2. The van der Waals surface area contributed by atoms with Crippen molar-refractivity contribution in [2.24, 2.45) is 15.9 Å². The van der Waals surface area contributed by atoms with Crippen molar-refractivity contribution in [1.82, 2.24) is 9.88 Å². The van der Waals surface area contributed by atoms with Gasteiger partial charge in [0.2, 0.25) is 6.29 Å². The average molecular weight is 770 g/mol. The summed E-state index contributed by atoms with van der Waals surface area (Å²) in [5, 5.41) is 8.70. The first-order valence-electron chi connectivity index (χ1n) is 20.7. The van der Waals surface area contributed by atoms with Gasteiger partial charge in [0.25, 0.3) is 0 Å². The number of amidine groups is 2. The van der Waals surface area contributed by atoms with E-state index in [2.05, 4.69) is 221 Å². The second-order valence-corrected chi connectivity index (χ2v) is 15.7. The molecule has 2 atom stereocenters. The van der Waals surface area contributed by atoms with Crippen LogP contribution in [0.2, 0.25) is 0 Å². The minimum Gasteiger partial charge on any atom is -0.331 e. The number of hydrogen-bond acceptors (Lipinski definition) is 4. The molecule has 60 heavy (non-hydrogen) atoms. The Morgan fingerprint density at radius 1 is 0.500 bits per heavy atom. The van der Waals surface area contributed by atoms with Gasteiger partial charge in [-0.1, -0.05) is 164 Å². The smallest absolute Gasteiger partial charge is 0.204 e. The predicted octanol–water partition coefficient (Wildman–Crippen LogP) is 13.3. The lowest BCUT2D eigenvalue weighted by Gasteiger charge is -2.40. The van der Waals surface area contributed by atoms with Gasteiger partial charge in [-0.2, -0.15) is 0 Å². The molecular weight excluding hydrogens is 731 g/mol. The lowest BCUT2D eigenvalue weighted by Crippen LogP contribution is -2.49. The number of nitrogens with one attached hydrogen (secondary N) is 1. The Labute approximate surface area is 348 Å². The van der Waals surface area contributed by atoms with Crippen molar-refractivity contribution in [3.05, 3.63) is 212 Å². The second kappa shape index (κ2) is 14.0. The topological polar surface area (TPSA) is 44.9 Å². The number of benzene rings is 8. The van der Waals surface area contributed by atoms with Crippen LogP contribution in [0.25, 0.3) is 71.6 Å². The number of hydrogen-bond donors (Lipinski definition) is 1. The van der Waals surface area contributed by atoms with Crippen LogP contribution in [-0.2, 0) is 0 Å². The molecule has 5 nitrogen and oxygen atoms in total. The maximum Gasteiger partial charge on any atom is 0.204 e. The molecule has 0 saturated heterocycles. The number of para-hydroxylation sites is 1. The zero-order valence-corrected chi connectivity index (χ0v) is 32.8. The summed E-state index contributed by atoms with van der Waals surface area (Å²) in [6.45, 7) is 0. The molecule has 1 N–H and O–H groups in total. The number of nitrogens with zero attached hydrogens (tertiary/aromatic N) is 4. The van der Waals surface area contributed by atoms with Gasteiger partial charge in [0.05, 0.1) is 22.4 Å². The number of anilines is 2. The highest BCUT2D eigenvalue weighted by Crippen LogP contribution is 2.53. The zero-order chi connectivity index (χ0) is 39.6. The number of aliphatic imine (C=N–C) groups is 2. The van der Waals surface area contributed by atoms with Crippen molar-refractivity contribution in [2.45, 2.75) is 12.7 Å². The predicted molar refractivity (Wildman–Crippen MR) is 250 cm³/mol. The Bertz CT molecular complexity index is 3250. The summed E-state index contributed by atoms with van der Waals surface area (Å²) in [6, 6.07) is 65.8. The van der Waals surface area contributed by atoms with E-state index < -0.39 is 6.29 Å². The van der Waals surface area contributed by atoms with Gasteiger partial charge >= 0.3 is 0 Å². The van der Waals surface area contributed by atoms with Crippen LogP contribution in [-0.4, -0.2) is 22.5 Å². The minimum atomic E-state index is -0.485. The highest BCUT2D eigenvalue weighted by Gasteiger charge is 2.35. The van der Waals surface area contributed by atoms with E-state index in [0.717, 1.165) is 46.2 Å². The quantitative estimate of drug-likeness (QED) is 0.183. The van der Waals surface area contributed by atoms with Crippen LogP contribution in [0.5, 0.6) is 0 Å². The molecule has 0 radical (unpaired) electrons. The Kier molecular flexibility index (Phi) is 7.98. The summed E-state index contributed by atoms with van der Waals surface area (Å²) in [7, 11) is 0. The van der Waals surface area contributed by atoms with E-state index in [-0.39, 0.29) is 5.92 Å². The first-order chi connectivity index (χ1) is 29.8. The molecule has 9 aromatic rings. The fourth-order valence-corrected chi connectivity index (χ4v) is 9.48. The van der Waals surface area contributed by atoms with E-state index in [0.29, 0.717) is 0 Å². The Balaban J connectivity index is 1.16. The molecule has 1 aliphatic carbocycles. The molecule has 5 heteroatoms. The standard InChI is InChI=1S/C55H39N5/c1-6-17-36(18-7-1)40-29-32-48-45(33-40)47-34-46-44-31-30-42(37-19-8-2-9-20-37)43-27-16-28-49(52(43)44)60(51(46)35-50(47)59(48)41-25-14-5-15-26-41)55-57-53(38-21-10-3-11-22-38)56-54(58-55)39-23-12-4-13-24-39/h1-23,25-35,39,55H,24H2,(H,56,57,58). The van der Waals surface area contributed by atoms with Crippen LogP contribution < -0.4 is 10.2 Å². The van der Waals surface area contributed by atoms with Crippen molar-refractivity contribution in [1.29, 1.82) is 0 Å². The van der Waals surface area contributed by atoms with Crippen LogP contribution in [0, 0.1) is 5.92 Å². The van der Waals surface area contributed by atoms with E-state index >= 15 is 0 Å². The summed E-state index contributed by atoms with van der Waals surface area (Å²) in [6.07, 6.45) is 9.04. The first-order valence-corrected chi connectivity index (χ1v) is 20.7. The number of rotatable bonds is 6. The number of aromatic nitrogens is 1. The third-order valence-corrected chi connectivity index (χ3v) is 12.3. The van der Waals surface area contributed by atoms with Crippen LogP contribution >= 0.6 is 0 Å². The Hall–Kier alpha value is -7.76. The van der Waals surface area contributed by atoms with E-state index in [9.17, 15) is 0 Å². The summed E-state index contributed by atoms with van der Waals surface area (Å²) in [5.41, 5.74) is 13.8. The zero-order valence-electron chi connectivity index (χ0n) is 32.8. The van der Waals surface area contributed by atoms with E-state index in [4.69, 9.17) is 9.98 Å². The molecule has 0 spiro atoms. The average Bonchev–Trinajstić information content (AvgIpc) is 3.65. The van der Waals surface area contributed by atoms with Gasteiger partial charge in [-0.15, -0.1) is 0 Å². The van der Waals surface area contributed by atoms with Crippen molar-refractivity contribution in [3.8, 4) is 39.1 Å². The van der Waals surface area contributed by atoms with Gasteiger partial charge < -0.3 is 14.8 Å². The molecule has 284 valence electrons. The number of allylic oxidation sites excluding steroid dienone is 3. The summed E-state index contributed by atoms with van der Waals surface area (Å²) >= 11 is 0. The molecule has 1 aromatic heterocycles. The lowest BCUT2D eigenvalue weighted by atomic mass is 9.86. The highest BCUT2D eigenvalue weighted by atomic mass is 15.4. The van der Waals surface area contributed by atoms with Crippen molar-refractivity contribution in [3.63, 3.8) is 0 Å². The fraction of sp³-hybridized carbons (Fsp3) is 0.0545. The van der Waals surface area contributed by atoms with E-state index in [1.165, 1.54) is 60.4 Å². The van der Waals surface area contributed by atoms with Crippen LogP contribution in [0.1, 0.15) is 12.0 Å². The monoisotopic (exact) mass is 769 g/mol. The van der Waals surface area contributed by atoms with Gasteiger partial charge in [0, 0.05) is 38.9 Å². The molecule has 2 unspecified atom stereocenters. The molecule has 3 heterocycles. The molecule has 8 aromatic carbocycles. The molecular formula is C55H39N5. The third kappa shape index (κ3) is 5.54. The third-order valence-electron chi connectivity index (χ3n) is 12.3. The molecule has 2 aliphatic heterocycles. The molecule has 3 aliphatic rings. The summed E-state index contributed by atoms with van der Waals surface area (Å²) < 4.78 is 2.42. The van der Waals surface area contributed by atoms with E-state index in [1.54, 1.807) is 0 Å². The Morgan fingerprint density at radius 2 is 1.20 bits per heavy atom. The molecule has 0 amide bonds. The van der Waals surface area contributed by atoms with Crippen LogP contribution in [0.4, 0.5) is 11.4 Å². The fourth-order valence-electron chi connectivity index (χ4n) is 9.48. The first kappa shape index (κ1) is 34.3. The largest absolute Gasteiger partial charge is 0.331 e. The normalized spacial score (nSPS) is 16.8. The van der Waals surface area contributed by atoms with Crippen LogP contribution in [0.15, 0.2) is 216 Å². The van der Waals surface area contributed by atoms with Gasteiger partial charge in [0.1, 0.15) is 11.7 Å². The maximum absolute atomic E-state index is 5.54. The van der Waals surface area contributed by atoms with Gasteiger partial charge in [-0.25, -0.2) is 9.98 Å². The van der Waals surface area contributed by atoms with Crippen LogP contribution in [0.3, 0.4) is 0 Å².